The van der Waals surface area contributed by atoms with Crippen molar-refractivity contribution in [3.8, 4) is 0 Å². The number of fused-ring (bicyclic) bond motifs is 5. The number of anilines is 1. The lowest BCUT2D eigenvalue weighted by atomic mass is 9.75. The Balaban J connectivity index is 1.84. The second-order valence-corrected chi connectivity index (χ2v) is 6.97. The minimum atomic E-state index is -0.368. The molecule has 2 amide bonds. The molecule has 0 bridgehead atoms. The zero-order valence-electron chi connectivity index (χ0n) is 13.4. The number of amides is 2. The van der Waals surface area contributed by atoms with E-state index in [9.17, 15) is 9.59 Å². The Hall–Kier alpha value is -2.30. The summed E-state index contributed by atoms with van der Waals surface area (Å²) in [6.45, 7) is 4.27. The summed E-state index contributed by atoms with van der Waals surface area (Å²) < 4.78 is 0. The van der Waals surface area contributed by atoms with Crippen molar-refractivity contribution in [2.45, 2.75) is 44.3 Å². The SMILES string of the molecule is CC(C)=CC[C@@]12C[C@H]3C(=O)NCC(=O)N3[C@@H]1Nc1ccccc12. The minimum Gasteiger partial charge on any atom is -0.364 e. The van der Waals surface area contributed by atoms with Gasteiger partial charge in [0.1, 0.15) is 12.2 Å². The van der Waals surface area contributed by atoms with Crippen LogP contribution in [0.4, 0.5) is 5.69 Å². The molecule has 3 atom stereocenters. The van der Waals surface area contributed by atoms with Crippen LogP contribution < -0.4 is 10.6 Å². The van der Waals surface area contributed by atoms with Gasteiger partial charge in [0.25, 0.3) is 0 Å². The molecule has 2 fully saturated rings. The molecule has 23 heavy (non-hydrogen) atoms. The first-order chi connectivity index (χ1) is 11.0. The van der Waals surface area contributed by atoms with Crippen LogP contribution in [0.15, 0.2) is 35.9 Å². The van der Waals surface area contributed by atoms with Gasteiger partial charge in [-0.3, -0.25) is 9.59 Å². The lowest BCUT2D eigenvalue weighted by molar-refractivity contribution is -0.144. The third kappa shape index (κ3) is 1.92. The van der Waals surface area contributed by atoms with Gasteiger partial charge in [-0.25, -0.2) is 0 Å². The van der Waals surface area contributed by atoms with Gasteiger partial charge in [-0.2, -0.15) is 0 Å². The van der Waals surface area contributed by atoms with Crippen LogP contribution in [0.2, 0.25) is 0 Å². The van der Waals surface area contributed by atoms with Gasteiger partial charge in [0.15, 0.2) is 0 Å². The zero-order chi connectivity index (χ0) is 16.2. The molecule has 0 unspecified atom stereocenters. The summed E-state index contributed by atoms with van der Waals surface area (Å²) >= 11 is 0. The third-order valence-electron chi connectivity index (χ3n) is 5.33. The van der Waals surface area contributed by atoms with Crippen molar-refractivity contribution in [2.75, 3.05) is 11.9 Å². The largest absolute Gasteiger partial charge is 0.364 e. The van der Waals surface area contributed by atoms with E-state index in [0.29, 0.717) is 6.42 Å². The fraction of sp³-hybridized carbons (Fsp3) is 0.444. The summed E-state index contributed by atoms with van der Waals surface area (Å²) in [6, 6.07) is 7.85. The minimum absolute atomic E-state index is 0.000943. The first-order valence-corrected chi connectivity index (χ1v) is 8.11. The lowest BCUT2D eigenvalue weighted by Gasteiger charge is -2.35. The first kappa shape index (κ1) is 14.3. The predicted octanol–water partition coefficient (Wildman–Crippen LogP) is 1.76. The van der Waals surface area contributed by atoms with Crippen molar-refractivity contribution in [2.24, 2.45) is 0 Å². The highest BCUT2D eigenvalue weighted by atomic mass is 16.2. The quantitative estimate of drug-likeness (QED) is 0.818. The summed E-state index contributed by atoms with van der Waals surface area (Å²) in [6.07, 6.45) is 3.58. The van der Waals surface area contributed by atoms with Gasteiger partial charge in [0, 0.05) is 11.1 Å². The average molecular weight is 311 g/mol. The average Bonchev–Trinajstić information content (AvgIpc) is 3.01. The molecule has 1 aromatic carbocycles. The van der Waals surface area contributed by atoms with Crippen LogP contribution in [0, 0.1) is 0 Å². The van der Waals surface area contributed by atoms with E-state index in [4.69, 9.17) is 0 Å². The molecule has 0 saturated carbocycles. The maximum absolute atomic E-state index is 12.5. The van der Waals surface area contributed by atoms with E-state index in [1.54, 1.807) is 4.90 Å². The summed E-state index contributed by atoms with van der Waals surface area (Å²) in [5.74, 6) is -0.0335. The predicted molar refractivity (Wildman–Crippen MR) is 87.8 cm³/mol. The van der Waals surface area contributed by atoms with Crippen LogP contribution in [0.25, 0.3) is 0 Å². The van der Waals surface area contributed by atoms with E-state index in [-0.39, 0.29) is 36.0 Å². The van der Waals surface area contributed by atoms with E-state index < -0.39 is 0 Å². The summed E-state index contributed by atoms with van der Waals surface area (Å²) in [5.41, 5.74) is 3.33. The Morgan fingerprint density at radius 1 is 1.35 bits per heavy atom. The van der Waals surface area contributed by atoms with Gasteiger partial charge in [-0.1, -0.05) is 29.8 Å². The number of benzene rings is 1. The van der Waals surface area contributed by atoms with Crippen molar-refractivity contribution in [3.05, 3.63) is 41.5 Å². The Kier molecular flexibility index (Phi) is 3.01. The normalized spacial score (nSPS) is 31.0. The van der Waals surface area contributed by atoms with Crippen LogP contribution >= 0.6 is 0 Å². The number of carbonyl (C=O) groups excluding carboxylic acids is 2. The number of nitrogens with one attached hydrogen (secondary N) is 2. The molecule has 3 aliphatic heterocycles. The Bertz CT molecular complexity index is 723. The van der Waals surface area contributed by atoms with Crippen molar-refractivity contribution >= 4 is 17.5 Å². The molecule has 5 heteroatoms. The van der Waals surface area contributed by atoms with E-state index >= 15 is 0 Å². The third-order valence-corrected chi connectivity index (χ3v) is 5.33. The molecule has 0 radical (unpaired) electrons. The van der Waals surface area contributed by atoms with Crippen LogP contribution in [-0.2, 0) is 15.0 Å². The molecular weight excluding hydrogens is 290 g/mol. The van der Waals surface area contributed by atoms with Crippen molar-refractivity contribution in [1.29, 1.82) is 0 Å². The van der Waals surface area contributed by atoms with E-state index in [0.717, 1.165) is 12.1 Å². The number of hydrogen-bond acceptors (Lipinski definition) is 3. The van der Waals surface area contributed by atoms with Gasteiger partial charge < -0.3 is 15.5 Å². The Morgan fingerprint density at radius 2 is 2.13 bits per heavy atom. The summed E-state index contributed by atoms with van der Waals surface area (Å²) in [7, 11) is 0. The maximum Gasteiger partial charge on any atom is 0.244 e. The van der Waals surface area contributed by atoms with Crippen LogP contribution in [-0.4, -0.2) is 35.5 Å². The van der Waals surface area contributed by atoms with Gasteiger partial charge in [-0.05, 0) is 38.3 Å². The fourth-order valence-electron chi connectivity index (χ4n) is 4.26. The first-order valence-electron chi connectivity index (χ1n) is 8.11. The number of allylic oxidation sites excluding steroid dienone is 2. The molecule has 5 nitrogen and oxygen atoms in total. The number of nitrogens with zero attached hydrogens (tertiary/aromatic N) is 1. The van der Waals surface area contributed by atoms with E-state index in [2.05, 4.69) is 42.7 Å². The van der Waals surface area contributed by atoms with Crippen LogP contribution in [0.3, 0.4) is 0 Å². The highest BCUT2D eigenvalue weighted by Crippen LogP contribution is 2.53. The number of piperazine rings is 1. The highest BCUT2D eigenvalue weighted by molar-refractivity contribution is 5.96. The Labute approximate surface area is 135 Å². The molecule has 0 aromatic heterocycles. The maximum atomic E-state index is 12.5. The molecule has 3 heterocycles. The number of hydrogen-bond donors (Lipinski definition) is 2. The summed E-state index contributed by atoms with van der Waals surface area (Å²) in [5, 5.41) is 6.23. The number of rotatable bonds is 2. The molecule has 2 saturated heterocycles. The van der Waals surface area contributed by atoms with Gasteiger partial charge in [-0.15, -0.1) is 0 Å². The molecule has 0 spiro atoms. The molecular formula is C18H21N3O2. The van der Waals surface area contributed by atoms with Crippen molar-refractivity contribution in [3.63, 3.8) is 0 Å². The second kappa shape index (κ2) is 4.85. The molecule has 0 aliphatic carbocycles. The van der Waals surface area contributed by atoms with E-state index in [1.807, 2.05) is 12.1 Å². The fourth-order valence-corrected chi connectivity index (χ4v) is 4.26. The standard InChI is InChI=1S/C18H21N3O2/c1-11(2)7-8-18-9-14-16(23)19-10-15(22)21(14)17(18)20-13-6-4-3-5-12(13)18/h3-7,14,17,20H,8-10H2,1-2H3,(H,19,23)/t14-,17-,18-/m0/s1. The molecule has 3 aliphatic rings. The second-order valence-electron chi connectivity index (χ2n) is 6.97. The Morgan fingerprint density at radius 3 is 2.91 bits per heavy atom. The molecule has 1 aromatic rings. The molecule has 4 rings (SSSR count). The van der Waals surface area contributed by atoms with Crippen LogP contribution in [0.5, 0.6) is 0 Å². The van der Waals surface area contributed by atoms with E-state index in [1.165, 1.54) is 11.1 Å². The highest BCUT2D eigenvalue weighted by Gasteiger charge is 2.60. The number of carbonyl (C=O) groups is 2. The zero-order valence-corrected chi connectivity index (χ0v) is 13.4. The lowest BCUT2D eigenvalue weighted by Crippen LogP contribution is -2.59. The topological polar surface area (TPSA) is 61.4 Å². The smallest absolute Gasteiger partial charge is 0.244 e. The summed E-state index contributed by atoms with van der Waals surface area (Å²) in [4.78, 5) is 26.5. The van der Waals surface area contributed by atoms with Crippen LogP contribution in [0.1, 0.15) is 32.3 Å². The number of para-hydroxylation sites is 1. The van der Waals surface area contributed by atoms with Gasteiger partial charge in [0.2, 0.25) is 11.8 Å². The van der Waals surface area contributed by atoms with Crippen molar-refractivity contribution in [1.82, 2.24) is 10.2 Å². The van der Waals surface area contributed by atoms with Crippen molar-refractivity contribution < 1.29 is 9.59 Å². The monoisotopic (exact) mass is 311 g/mol. The molecule has 2 N–H and O–H groups in total. The van der Waals surface area contributed by atoms with Gasteiger partial charge >= 0.3 is 0 Å². The molecule has 120 valence electrons. The van der Waals surface area contributed by atoms with Gasteiger partial charge in [0.05, 0.1) is 6.54 Å².